The minimum absolute atomic E-state index is 0.141. The molecule has 0 spiro atoms. The Morgan fingerprint density at radius 1 is 1.16 bits per heavy atom. The smallest absolute Gasteiger partial charge is 0.226 e. The largest absolute Gasteiger partial charge is 0.383 e. The van der Waals surface area contributed by atoms with Crippen molar-refractivity contribution >= 4 is 5.91 Å². The highest BCUT2D eigenvalue weighted by Gasteiger charge is 2.38. The average Bonchev–Trinajstić information content (AvgIpc) is 3.06. The Kier molecular flexibility index (Phi) is 6.45. The SMILES string of the molecule is COC[C@@H]1C[C@H](OC)CN1C(=O)C1CCN(Cc2ccccc2)CC1. The van der Waals surface area contributed by atoms with Crippen LogP contribution in [0.1, 0.15) is 24.8 Å². The first-order valence-corrected chi connectivity index (χ1v) is 9.29. The van der Waals surface area contributed by atoms with Gasteiger partial charge in [-0.15, -0.1) is 0 Å². The fourth-order valence-corrected chi connectivity index (χ4v) is 4.08. The molecule has 0 radical (unpaired) electrons. The number of carbonyl (C=O) groups excluding carboxylic acids is 1. The summed E-state index contributed by atoms with van der Waals surface area (Å²) in [4.78, 5) is 17.5. The number of nitrogens with zero attached hydrogens (tertiary/aromatic N) is 2. The lowest BCUT2D eigenvalue weighted by Crippen LogP contribution is -2.45. The first kappa shape index (κ1) is 18.4. The van der Waals surface area contributed by atoms with E-state index in [2.05, 4.69) is 29.2 Å². The van der Waals surface area contributed by atoms with Crippen molar-refractivity contribution in [1.82, 2.24) is 9.80 Å². The summed E-state index contributed by atoms with van der Waals surface area (Å²) in [6.07, 6.45) is 2.91. The van der Waals surface area contributed by atoms with Crippen LogP contribution in [0.25, 0.3) is 0 Å². The minimum atomic E-state index is 0.141. The summed E-state index contributed by atoms with van der Waals surface area (Å²) in [7, 11) is 3.43. The number of likely N-dealkylation sites (tertiary alicyclic amines) is 2. The Hall–Kier alpha value is -1.43. The van der Waals surface area contributed by atoms with Crippen LogP contribution in [0, 0.1) is 5.92 Å². The summed E-state index contributed by atoms with van der Waals surface area (Å²) >= 11 is 0. The van der Waals surface area contributed by atoms with Crippen LogP contribution in [0.15, 0.2) is 30.3 Å². The number of amides is 1. The summed E-state index contributed by atoms with van der Waals surface area (Å²) in [6.45, 7) is 4.25. The molecule has 1 amide bonds. The van der Waals surface area contributed by atoms with Crippen molar-refractivity contribution in [3.63, 3.8) is 0 Å². The molecule has 1 aromatic rings. The predicted octanol–water partition coefficient (Wildman–Crippen LogP) is 2.16. The van der Waals surface area contributed by atoms with Crippen molar-refractivity contribution in [2.45, 2.75) is 38.0 Å². The molecule has 2 fully saturated rings. The van der Waals surface area contributed by atoms with Gasteiger partial charge in [-0.25, -0.2) is 0 Å². The van der Waals surface area contributed by atoms with Crippen molar-refractivity contribution in [3.8, 4) is 0 Å². The molecule has 0 unspecified atom stereocenters. The second kappa shape index (κ2) is 8.79. The molecular weight excluding hydrogens is 316 g/mol. The van der Waals surface area contributed by atoms with Gasteiger partial charge < -0.3 is 14.4 Å². The molecule has 0 saturated carbocycles. The Balaban J connectivity index is 1.52. The van der Waals surface area contributed by atoms with E-state index in [4.69, 9.17) is 9.47 Å². The Labute approximate surface area is 150 Å². The van der Waals surface area contributed by atoms with E-state index in [9.17, 15) is 4.79 Å². The molecule has 2 aliphatic heterocycles. The van der Waals surface area contributed by atoms with Crippen molar-refractivity contribution < 1.29 is 14.3 Å². The fraction of sp³-hybridized carbons (Fsp3) is 0.650. The highest BCUT2D eigenvalue weighted by Crippen LogP contribution is 2.27. The van der Waals surface area contributed by atoms with Gasteiger partial charge in [-0.2, -0.15) is 0 Å². The fourth-order valence-electron chi connectivity index (χ4n) is 4.08. The van der Waals surface area contributed by atoms with E-state index in [-0.39, 0.29) is 18.1 Å². The van der Waals surface area contributed by atoms with Gasteiger partial charge in [0.2, 0.25) is 5.91 Å². The molecule has 0 aromatic heterocycles. The molecule has 5 nitrogen and oxygen atoms in total. The van der Waals surface area contributed by atoms with Crippen LogP contribution in [0.3, 0.4) is 0 Å². The van der Waals surface area contributed by atoms with Crippen molar-refractivity contribution in [1.29, 1.82) is 0 Å². The molecule has 2 aliphatic rings. The zero-order valence-electron chi connectivity index (χ0n) is 15.4. The van der Waals surface area contributed by atoms with Gasteiger partial charge in [-0.3, -0.25) is 9.69 Å². The van der Waals surface area contributed by atoms with Gasteiger partial charge in [-0.05, 0) is 37.9 Å². The molecule has 1 aromatic carbocycles. The maximum absolute atomic E-state index is 13.0. The number of ether oxygens (including phenoxy) is 2. The Morgan fingerprint density at radius 3 is 2.52 bits per heavy atom. The van der Waals surface area contributed by atoms with Crippen LogP contribution in [0.4, 0.5) is 0 Å². The summed E-state index contributed by atoms with van der Waals surface area (Å²) in [6, 6.07) is 10.7. The van der Waals surface area contributed by atoms with Gasteiger partial charge in [-0.1, -0.05) is 30.3 Å². The average molecular weight is 346 g/mol. The van der Waals surface area contributed by atoms with Gasteiger partial charge in [0.05, 0.1) is 18.8 Å². The number of piperidine rings is 1. The third-order valence-corrected chi connectivity index (χ3v) is 5.54. The van der Waals surface area contributed by atoms with Gasteiger partial charge in [0.25, 0.3) is 0 Å². The molecular formula is C20H30N2O3. The maximum Gasteiger partial charge on any atom is 0.226 e. The molecule has 2 atom stereocenters. The second-order valence-electron chi connectivity index (χ2n) is 7.23. The zero-order valence-corrected chi connectivity index (χ0v) is 15.4. The Bertz CT molecular complexity index is 543. The summed E-state index contributed by atoms with van der Waals surface area (Å²) in [5.74, 6) is 0.433. The van der Waals surface area contributed by atoms with E-state index >= 15 is 0 Å². The van der Waals surface area contributed by atoms with Crippen LogP contribution in [-0.2, 0) is 20.8 Å². The predicted molar refractivity (Wildman–Crippen MR) is 97.2 cm³/mol. The third kappa shape index (κ3) is 4.60. The van der Waals surface area contributed by atoms with Crippen LogP contribution >= 0.6 is 0 Å². The van der Waals surface area contributed by atoms with Gasteiger partial charge in [0.1, 0.15) is 0 Å². The van der Waals surface area contributed by atoms with Crippen LogP contribution < -0.4 is 0 Å². The Morgan fingerprint density at radius 2 is 1.88 bits per heavy atom. The molecule has 138 valence electrons. The monoisotopic (exact) mass is 346 g/mol. The second-order valence-corrected chi connectivity index (χ2v) is 7.23. The van der Waals surface area contributed by atoms with E-state index in [1.807, 2.05) is 11.0 Å². The lowest BCUT2D eigenvalue weighted by Gasteiger charge is -2.34. The first-order valence-electron chi connectivity index (χ1n) is 9.29. The molecule has 3 rings (SSSR count). The van der Waals surface area contributed by atoms with Gasteiger partial charge in [0.15, 0.2) is 0 Å². The number of benzene rings is 1. The van der Waals surface area contributed by atoms with E-state index in [1.54, 1.807) is 14.2 Å². The van der Waals surface area contributed by atoms with Crippen molar-refractivity contribution in [3.05, 3.63) is 35.9 Å². The number of carbonyl (C=O) groups is 1. The molecule has 2 saturated heterocycles. The zero-order chi connectivity index (χ0) is 17.6. The topological polar surface area (TPSA) is 42.0 Å². The summed E-state index contributed by atoms with van der Waals surface area (Å²) in [5, 5.41) is 0. The van der Waals surface area contributed by atoms with Crippen molar-refractivity contribution in [2.24, 2.45) is 5.92 Å². The van der Waals surface area contributed by atoms with Crippen molar-refractivity contribution in [2.75, 3.05) is 40.5 Å². The van der Waals surface area contributed by atoms with Crippen LogP contribution in [-0.4, -0.2) is 68.3 Å². The minimum Gasteiger partial charge on any atom is -0.383 e. The maximum atomic E-state index is 13.0. The summed E-state index contributed by atoms with van der Waals surface area (Å²) in [5.41, 5.74) is 1.34. The van der Waals surface area contributed by atoms with E-state index in [0.717, 1.165) is 38.9 Å². The van der Waals surface area contributed by atoms with E-state index < -0.39 is 0 Å². The van der Waals surface area contributed by atoms with Crippen LogP contribution in [0.2, 0.25) is 0 Å². The highest BCUT2D eigenvalue weighted by molar-refractivity contribution is 5.79. The summed E-state index contributed by atoms with van der Waals surface area (Å²) < 4.78 is 10.8. The molecule has 0 aliphatic carbocycles. The highest BCUT2D eigenvalue weighted by atomic mass is 16.5. The number of methoxy groups -OCH3 is 2. The molecule has 25 heavy (non-hydrogen) atoms. The number of rotatable bonds is 6. The number of hydrogen-bond acceptors (Lipinski definition) is 4. The molecule has 0 N–H and O–H groups in total. The lowest BCUT2D eigenvalue weighted by atomic mass is 9.94. The van der Waals surface area contributed by atoms with E-state index in [1.165, 1.54) is 5.56 Å². The molecule has 5 heteroatoms. The molecule has 2 heterocycles. The number of hydrogen-bond donors (Lipinski definition) is 0. The quantitative estimate of drug-likeness (QED) is 0.792. The lowest BCUT2D eigenvalue weighted by molar-refractivity contribution is -0.139. The normalized spacial score (nSPS) is 25.4. The molecule has 0 bridgehead atoms. The van der Waals surface area contributed by atoms with Gasteiger partial charge in [0, 0.05) is 33.2 Å². The standard InChI is InChI=1S/C20H30N2O3/c1-24-15-18-12-19(25-2)14-22(18)20(23)17-8-10-21(11-9-17)13-16-6-4-3-5-7-16/h3-7,17-19H,8-15H2,1-2H3/t18-,19-/m0/s1. The van der Waals surface area contributed by atoms with E-state index in [0.29, 0.717) is 19.1 Å². The third-order valence-electron chi connectivity index (χ3n) is 5.54. The van der Waals surface area contributed by atoms with Gasteiger partial charge >= 0.3 is 0 Å². The first-order chi connectivity index (χ1) is 12.2. The van der Waals surface area contributed by atoms with Crippen LogP contribution in [0.5, 0.6) is 0 Å².